The number of anilines is 1. The normalized spacial score (nSPS) is 11.0. The lowest BCUT2D eigenvalue weighted by atomic mass is 10.2. The van der Waals surface area contributed by atoms with Gasteiger partial charge in [0.05, 0.1) is 11.6 Å². The number of nitrogens with zero attached hydrogens (tertiary/aromatic N) is 5. The molecule has 0 spiro atoms. The fourth-order valence-electron chi connectivity index (χ4n) is 1.81. The number of aryl methyl sites for hydroxylation is 1. The fourth-order valence-corrected chi connectivity index (χ4v) is 1.81. The van der Waals surface area contributed by atoms with Crippen molar-refractivity contribution in [3.63, 3.8) is 0 Å². The van der Waals surface area contributed by atoms with E-state index in [0.29, 0.717) is 11.6 Å². The van der Waals surface area contributed by atoms with Crippen LogP contribution in [0.3, 0.4) is 0 Å². The minimum atomic E-state index is 0.579. The third kappa shape index (κ3) is 1.69. The van der Waals surface area contributed by atoms with Gasteiger partial charge >= 0.3 is 0 Å². The molecule has 0 saturated carbocycles. The van der Waals surface area contributed by atoms with Gasteiger partial charge in [0.2, 0.25) is 5.95 Å². The Kier molecular flexibility index (Phi) is 2.44. The molecule has 0 aromatic carbocycles. The van der Waals surface area contributed by atoms with Crippen LogP contribution in [0.15, 0.2) is 18.5 Å². The highest BCUT2D eigenvalue weighted by molar-refractivity contribution is 5.89. The van der Waals surface area contributed by atoms with Crippen LogP contribution in [-0.4, -0.2) is 36.5 Å². The first-order valence-electron chi connectivity index (χ1n) is 5.73. The number of nitrogens with one attached hydrogen (secondary N) is 2. The van der Waals surface area contributed by atoms with E-state index in [0.717, 1.165) is 23.3 Å². The zero-order valence-electron chi connectivity index (χ0n) is 10.2. The maximum Gasteiger partial charge on any atom is 0.225 e. The number of aromatic amines is 1. The van der Waals surface area contributed by atoms with Crippen molar-refractivity contribution in [2.75, 3.05) is 11.9 Å². The highest BCUT2D eigenvalue weighted by Gasteiger charge is 2.12. The zero-order valence-corrected chi connectivity index (χ0v) is 10.2. The van der Waals surface area contributed by atoms with E-state index in [1.54, 1.807) is 10.9 Å². The molecule has 0 aliphatic heterocycles. The summed E-state index contributed by atoms with van der Waals surface area (Å²) in [5.41, 5.74) is 2.30. The van der Waals surface area contributed by atoms with E-state index in [-0.39, 0.29) is 0 Å². The lowest BCUT2D eigenvalue weighted by Gasteiger charge is -2.04. The molecule has 18 heavy (non-hydrogen) atoms. The molecule has 0 amide bonds. The molecule has 7 heteroatoms. The van der Waals surface area contributed by atoms with Gasteiger partial charge in [-0.25, -0.2) is 4.98 Å². The Balaban J connectivity index is 2.22. The predicted octanol–water partition coefficient (Wildman–Crippen LogP) is 1.19. The van der Waals surface area contributed by atoms with Gasteiger partial charge < -0.3 is 5.32 Å². The molecule has 92 valence electrons. The number of fused-ring (bicyclic) bond motifs is 1. The van der Waals surface area contributed by atoms with Gasteiger partial charge in [-0.15, -0.1) is 0 Å². The lowest BCUT2D eigenvalue weighted by Crippen LogP contribution is -2.03. The Bertz CT molecular complexity index is 682. The van der Waals surface area contributed by atoms with Gasteiger partial charge in [0.1, 0.15) is 11.4 Å². The van der Waals surface area contributed by atoms with Crippen molar-refractivity contribution in [3.05, 3.63) is 18.5 Å². The van der Waals surface area contributed by atoms with Crippen molar-refractivity contribution in [1.82, 2.24) is 29.9 Å². The van der Waals surface area contributed by atoms with Crippen LogP contribution in [0, 0.1) is 0 Å². The van der Waals surface area contributed by atoms with Gasteiger partial charge in [0, 0.05) is 19.8 Å². The topological polar surface area (TPSA) is 84.3 Å². The van der Waals surface area contributed by atoms with Crippen molar-refractivity contribution in [3.8, 4) is 11.4 Å². The van der Waals surface area contributed by atoms with Crippen LogP contribution in [0.25, 0.3) is 22.4 Å². The minimum Gasteiger partial charge on any atom is -0.354 e. The van der Waals surface area contributed by atoms with E-state index < -0.39 is 0 Å². The first-order valence-corrected chi connectivity index (χ1v) is 5.73. The first-order chi connectivity index (χ1) is 8.78. The molecule has 0 aliphatic rings. The highest BCUT2D eigenvalue weighted by atomic mass is 15.3. The minimum absolute atomic E-state index is 0.579. The third-order valence-corrected chi connectivity index (χ3v) is 2.60. The summed E-state index contributed by atoms with van der Waals surface area (Å²) in [4.78, 5) is 8.83. The van der Waals surface area contributed by atoms with Crippen molar-refractivity contribution in [2.45, 2.75) is 6.92 Å². The molecule has 0 aliphatic carbocycles. The van der Waals surface area contributed by atoms with Gasteiger partial charge in [-0.1, -0.05) is 0 Å². The first kappa shape index (κ1) is 10.7. The number of hydrogen-bond donors (Lipinski definition) is 2. The standard InChI is InChI=1S/C11H13N7/c1-3-12-11-14-9(8-4-5-18(2)17-8)7-6-13-16-10(7)15-11/h4-6H,3H2,1-2H3,(H2,12,13,14,15,16). The van der Waals surface area contributed by atoms with Crippen molar-refractivity contribution < 1.29 is 0 Å². The van der Waals surface area contributed by atoms with Gasteiger partial charge in [0.15, 0.2) is 5.65 Å². The molecule has 0 unspecified atom stereocenters. The maximum atomic E-state index is 4.49. The Hall–Kier alpha value is -2.44. The van der Waals surface area contributed by atoms with Crippen molar-refractivity contribution >= 4 is 17.0 Å². The van der Waals surface area contributed by atoms with Crippen LogP contribution in [0.2, 0.25) is 0 Å². The van der Waals surface area contributed by atoms with E-state index >= 15 is 0 Å². The number of hydrogen-bond acceptors (Lipinski definition) is 5. The average molecular weight is 243 g/mol. The Morgan fingerprint density at radius 3 is 3.00 bits per heavy atom. The molecule has 0 saturated heterocycles. The van der Waals surface area contributed by atoms with Crippen molar-refractivity contribution in [2.24, 2.45) is 7.05 Å². The summed E-state index contributed by atoms with van der Waals surface area (Å²) in [6, 6.07) is 1.92. The monoisotopic (exact) mass is 243 g/mol. The summed E-state index contributed by atoms with van der Waals surface area (Å²) in [7, 11) is 1.88. The Morgan fingerprint density at radius 1 is 1.39 bits per heavy atom. The molecule has 0 atom stereocenters. The van der Waals surface area contributed by atoms with Crippen LogP contribution in [0.1, 0.15) is 6.92 Å². The molecular formula is C11H13N7. The number of aromatic nitrogens is 6. The van der Waals surface area contributed by atoms with E-state index in [1.165, 1.54) is 0 Å². The maximum absolute atomic E-state index is 4.49. The molecule has 3 aromatic rings. The van der Waals surface area contributed by atoms with Gasteiger partial charge in [-0.05, 0) is 13.0 Å². The SMILES string of the molecule is CCNc1nc(-c2ccn(C)n2)c2cn[nH]c2n1. The second kappa shape index (κ2) is 4.10. The lowest BCUT2D eigenvalue weighted by molar-refractivity contribution is 0.770. The highest BCUT2D eigenvalue weighted by Crippen LogP contribution is 2.24. The summed E-state index contributed by atoms with van der Waals surface area (Å²) >= 11 is 0. The molecule has 3 heterocycles. The summed E-state index contributed by atoms with van der Waals surface area (Å²) in [6.45, 7) is 2.77. The molecular weight excluding hydrogens is 230 g/mol. The van der Waals surface area contributed by atoms with Crippen LogP contribution in [0.5, 0.6) is 0 Å². The Labute approximate surface area is 103 Å². The second-order valence-electron chi connectivity index (χ2n) is 3.93. The number of rotatable bonds is 3. The molecule has 7 nitrogen and oxygen atoms in total. The van der Waals surface area contributed by atoms with E-state index in [1.807, 2.05) is 26.2 Å². The van der Waals surface area contributed by atoms with Crippen LogP contribution in [0.4, 0.5) is 5.95 Å². The Morgan fingerprint density at radius 2 is 2.28 bits per heavy atom. The van der Waals surface area contributed by atoms with Crippen LogP contribution in [-0.2, 0) is 7.05 Å². The third-order valence-electron chi connectivity index (χ3n) is 2.60. The summed E-state index contributed by atoms with van der Waals surface area (Å²) in [5, 5.41) is 15.2. The van der Waals surface area contributed by atoms with Gasteiger partial charge in [-0.3, -0.25) is 9.78 Å². The van der Waals surface area contributed by atoms with E-state index in [2.05, 4.69) is 30.6 Å². The van der Waals surface area contributed by atoms with E-state index in [4.69, 9.17) is 0 Å². The van der Waals surface area contributed by atoms with Crippen LogP contribution < -0.4 is 5.32 Å². The quantitative estimate of drug-likeness (QED) is 0.721. The zero-order chi connectivity index (χ0) is 12.5. The molecule has 3 aromatic heterocycles. The van der Waals surface area contributed by atoms with Gasteiger partial charge in [-0.2, -0.15) is 15.2 Å². The predicted molar refractivity (Wildman–Crippen MR) is 68.0 cm³/mol. The summed E-state index contributed by atoms with van der Waals surface area (Å²) in [6.07, 6.45) is 3.60. The van der Waals surface area contributed by atoms with Crippen molar-refractivity contribution in [1.29, 1.82) is 0 Å². The molecule has 0 radical (unpaired) electrons. The molecule has 2 N–H and O–H groups in total. The second-order valence-corrected chi connectivity index (χ2v) is 3.93. The van der Waals surface area contributed by atoms with E-state index in [9.17, 15) is 0 Å². The molecule has 0 bridgehead atoms. The smallest absolute Gasteiger partial charge is 0.225 e. The number of H-pyrrole nitrogens is 1. The molecule has 3 rings (SSSR count). The average Bonchev–Trinajstić information content (AvgIpc) is 2.97. The largest absolute Gasteiger partial charge is 0.354 e. The summed E-state index contributed by atoms with van der Waals surface area (Å²) < 4.78 is 1.75. The fraction of sp³-hybridized carbons (Fsp3) is 0.273. The summed E-state index contributed by atoms with van der Waals surface area (Å²) in [5.74, 6) is 0.579. The van der Waals surface area contributed by atoms with Gasteiger partial charge in [0.25, 0.3) is 0 Å². The molecule has 0 fully saturated rings. The van der Waals surface area contributed by atoms with Crippen LogP contribution >= 0.6 is 0 Å².